The van der Waals surface area contributed by atoms with Crippen LogP contribution in [-0.2, 0) is 4.79 Å². The molecule has 0 spiro atoms. The predicted octanol–water partition coefficient (Wildman–Crippen LogP) is 1.53. The zero-order valence-corrected chi connectivity index (χ0v) is 9.28. The van der Waals surface area contributed by atoms with Gasteiger partial charge in [-0.15, -0.1) is 0 Å². The van der Waals surface area contributed by atoms with Crippen LogP contribution in [0.2, 0.25) is 5.02 Å². The van der Waals surface area contributed by atoms with Gasteiger partial charge in [0.05, 0.1) is 0 Å². The summed E-state index contributed by atoms with van der Waals surface area (Å²) in [6.45, 7) is 0.555. The number of carboxylic acids is 1. The zero-order chi connectivity index (χ0) is 11.5. The molecule has 0 aromatic heterocycles. The van der Waals surface area contributed by atoms with Gasteiger partial charge in [0.15, 0.2) is 0 Å². The third-order valence-corrected chi connectivity index (χ3v) is 2.76. The van der Waals surface area contributed by atoms with Crippen molar-refractivity contribution in [3.05, 3.63) is 29.3 Å². The lowest BCUT2D eigenvalue weighted by atomic mass is 10.2. The van der Waals surface area contributed by atoms with E-state index in [1.54, 1.807) is 24.3 Å². The fraction of sp³-hybridized carbons (Fsp3) is 0.364. The Balaban J connectivity index is 1.92. The maximum atomic E-state index is 10.7. The van der Waals surface area contributed by atoms with Crippen LogP contribution in [0.4, 0.5) is 0 Å². The topological polar surface area (TPSA) is 58.6 Å². The van der Waals surface area contributed by atoms with E-state index in [1.807, 2.05) is 0 Å². The number of rotatable bonds is 3. The van der Waals surface area contributed by atoms with E-state index in [1.165, 1.54) is 0 Å². The Labute approximate surface area is 98.2 Å². The van der Waals surface area contributed by atoms with Gasteiger partial charge in [-0.25, -0.2) is 0 Å². The lowest BCUT2D eigenvalue weighted by Crippen LogP contribution is -2.30. The highest BCUT2D eigenvalue weighted by Crippen LogP contribution is 2.19. The Hall–Kier alpha value is -1.26. The Bertz CT molecular complexity index is 379. The van der Waals surface area contributed by atoms with Crippen LogP contribution in [0.3, 0.4) is 0 Å². The molecule has 1 aromatic rings. The fourth-order valence-electron chi connectivity index (χ4n) is 1.69. The van der Waals surface area contributed by atoms with Crippen LogP contribution in [0.25, 0.3) is 0 Å². The van der Waals surface area contributed by atoms with E-state index >= 15 is 0 Å². The zero-order valence-electron chi connectivity index (χ0n) is 8.52. The summed E-state index contributed by atoms with van der Waals surface area (Å²) in [7, 11) is 0. The highest BCUT2D eigenvalue weighted by atomic mass is 35.5. The number of carboxylic acid groups (broad SMARTS) is 1. The normalized spacial score (nSPS) is 24.3. The van der Waals surface area contributed by atoms with E-state index in [2.05, 4.69) is 5.32 Å². The molecule has 1 heterocycles. The van der Waals surface area contributed by atoms with Crippen LogP contribution < -0.4 is 10.1 Å². The highest BCUT2D eigenvalue weighted by Gasteiger charge is 2.30. The number of nitrogens with one attached hydrogen (secondary N) is 1. The van der Waals surface area contributed by atoms with Crippen LogP contribution in [0.15, 0.2) is 24.3 Å². The Kier molecular flexibility index (Phi) is 3.31. The van der Waals surface area contributed by atoms with E-state index in [4.69, 9.17) is 21.4 Å². The molecule has 1 aliphatic rings. The van der Waals surface area contributed by atoms with Crippen molar-refractivity contribution < 1.29 is 14.6 Å². The molecule has 0 aliphatic carbocycles. The summed E-state index contributed by atoms with van der Waals surface area (Å²) in [6, 6.07) is 6.53. The summed E-state index contributed by atoms with van der Waals surface area (Å²) >= 11 is 5.75. The second-order valence-corrected chi connectivity index (χ2v) is 4.16. The molecule has 0 amide bonds. The highest BCUT2D eigenvalue weighted by molar-refractivity contribution is 6.30. The van der Waals surface area contributed by atoms with Crippen molar-refractivity contribution >= 4 is 17.6 Å². The van der Waals surface area contributed by atoms with Crippen LogP contribution in [0.1, 0.15) is 6.42 Å². The molecule has 4 nitrogen and oxygen atoms in total. The van der Waals surface area contributed by atoms with Crippen molar-refractivity contribution in [1.82, 2.24) is 5.32 Å². The summed E-state index contributed by atoms with van der Waals surface area (Å²) in [4.78, 5) is 10.7. The van der Waals surface area contributed by atoms with Gasteiger partial charge in [0, 0.05) is 18.0 Å². The van der Waals surface area contributed by atoms with E-state index in [0.29, 0.717) is 23.7 Å². The van der Waals surface area contributed by atoms with Crippen LogP contribution in [-0.4, -0.2) is 29.8 Å². The van der Waals surface area contributed by atoms with Gasteiger partial charge in [-0.05, 0) is 24.3 Å². The van der Waals surface area contributed by atoms with E-state index in [0.717, 1.165) is 0 Å². The molecule has 2 N–H and O–H groups in total. The second-order valence-electron chi connectivity index (χ2n) is 3.73. The average molecular weight is 242 g/mol. The van der Waals surface area contributed by atoms with Crippen molar-refractivity contribution in [2.45, 2.75) is 18.6 Å². The molecule has 0 saturated carbocycles. The number of hydrogen-bond donors (Lipinski definition) is 2. The Morgan fingerprint density at radius 3 is 2.69 bits per heavy atom. The van der Waals surface area contributed by atoms with E-state index < -0.39 is 12.0 Å². The molecule has 1 fully saturated rings. The van der Waals surface area contributed by atoms with Gasteiger partial charge in [-0.1, -0.05) is 11.6 Å². The van der Waals surface area contributed by atoms with Crippen molar-refractivity contribution in [2.75, 3.05) is 6.54 Å². The molecule has 5 heteroatoms. The Morgan fingerprint density at radius 2 is 2.12 bits per heavy atom. The molecule has 1 aromatic carbocycles. The average Bonchev–Trinajstić information content (AvgIpc) is 2.70. The minimum absolute atomic E-state index is 0.0951. The molecular formula is C11H12ClNO3. The summed E-state index contributed by atoms with van der Waals surface area (Å²) in [5, 5.41) is 12.3. The first-order chi connectivity index (χ1) is 7.65. The molecule has 1 aliphatic heterocycles. The molecular weight excluding hydrogens is 230 g/mol. The van der Waals surface area contributed by atoms with Gasteiger partial charge in [0.1, 0.15) is 17.9 Å². The van der Waals surface area contributed by atoms with Crippen molar-refractivity contribution in [3.8, 4) is 5.75 Å². The maximum Gasteiger partial charge on any atom is 0.320 e. The molecule has 0 unspecified atom stereocenters. The van der Waals surface area contributed by atoms with Gasteiger partial charge in [0.2, 0.25) is 0 Å². The number of ether oxygens (including phenoxy) is 1. The largest absolute Gasteiger partial charge is 0.489 e. The number of carbonyl (C=O) groups is 1. The number of halogens is 1. The first-order valence-electron chi connectivity index (χ1n) is 5.03. The first-order valence-corrected chi connectivity index (χ1v) is 5.41. The number of aliphatic carboxylic acids is 1. The standard InChI is InChI=1S/C11H12ClNO3/c12-7-1-3-8(4-2-7)16-9-5-10(11(14)15)13-6-9/h1-4,9-10,13H,5-6H2,(H,14,15)/t9-,10-/m1/s1. The molecule has 2 rings (SSSR count). The van der Waals surface area contributed by atoms with Gasteiger partial charge in [-0.2, -0.15) is 0 Å². The maximum absolute atomic E-state index is 10.7. The van der Waals surface area contributed by atoms with Gasteiger partial charge in [0.25, 0.3) is 0 Å². The van der Waals surface area contributed by atoms with Crippen molar-refractivity contribution in [1.29, 1.82) is 0 Å². The third kappa shape index (κ3) is 2.65. The van der Waals surface area contributed by atoms with E-state index in [9.17, 15) is 4.79 Å². The van der Waals surface area contributed by atoms with Crippen molar-refractivity contribution in [2.24, 2.45) is 0 Å². The lowest BCUT2D eigenvalue weighted by Gasteiger charge is -2.12. The summed E-state index contributed by atoms with van der Waals surface area (Å²) in [5.41, 5.74) is 0. The second kappa shape index (κ2) is 4.72. The quantitative estimate of drug-likeness (QED) is 0.843. The minimum Gasteiger partial charge on any atom is -0.489 e. The summed E-state index contributed by atoms with van der Waals surface area (Å²) < 4.78 is 5.63. The molecule has 1 saturated heterocycles. The summed E-state index contributed by atoms with van der Waals surface area (Å²) in [6.07, 6.45) is 0.389. The number of benzene rings is 1. The van der Waals surface area contributed by atoms with Crippen LogP contribution >= 0.6 is 11.6 Å². The Morgan fingerprint density at radius 1 is 1.44 bits per heavy atom. The van der Waals surface area contributed by atoms with E-state index in [-0.39, 0.29) is 6.10 Å². The van der Waals surface area contributed by atoms with Crippen molar-refractivity contribution in [3.63, 3.8) is 0 Å². The predicted molar refractivity (Wildman–Crippen MR) is 59.9 cm³/mol. The van der Waals surface area contributed by atoms with Crippen LogP contribution in [0.5, 0.6) is 5.75 Å². The third-order valence-electron chi connectivity index (χ3n) is 2.50. The van der Waals surface area contributed by atoms with Gasteiger partial charge >= 0.3 is 5.97 Å². The SMILES string of the molecule is O=C(O)[C@H]1C[C@@H](Oc2ccc(Cl)cc2)CN1. The smallest absolute Gasteiger partial charge is 0.320 e. The number of hydrogen-bond acceptors (Lipinski definition) is 3. The lowest BCUT2D eigenvalue weighted by molar-refractivity contribution is -0.139. The molecule has 2 atom stereocenters. The monoisotopic (exact) mass is 241 g/mol. The van der Waals surface area contributed by atoms with Crippen LogP contribution in [0, 0.1) is 0 Å². The molecule has 0 bridgehead atoms. The fourth-order valence-corrected chi connectivity index (χ4v) is 1.81. The molecule has 0 radical (unpaired) electrons. The van der Waals surface area contributed by atoms with Gasteiger partial charge in [-0.3, -0.25) is 4.79 Å². The van der Waals surface area contributed by atoms with Gasteiger partial charge < -0.3 is 15.2 Å². The molecule has 86 valence electrons. The first kappa shape index (κ1) is 11.2. The summed E-state index contributed by atoms with van der Waals surface area (Å²) in [5.74, 6) is -0.121. The molecule has 16 heavy (non-hydrogen) atoms. The minimum atomic E-state index is -0.831.